The van der Waals surface area contributed by atoms with Crippen molar-refractivity contribution in [3.63, 3.8) is 0 Å². The Labute approximate surface area is 107 Å². The average Bonchev–Trinajstić information content (AvgIpc) is 2.33. The van der Waals surface area contributed by atoms with E-state index in [-0.39, 0.29) is 17.6 Å². The number of carbonyl (C=O) groups is 1. The van der Waals surface area contributed by atoms with E-state index in [9.17, 15) is 22.4 Å². The molecule has 3 nitrogen and oxygen atoms in total. The second-order valence-corrected chi connectivity index (χ2v) is 4.38. The van der Waals surface area contributed by atoms with Gasteiger partial charge in [0.15, 0.2) is 0 Å². The van der Waals surface area contributed by atoms with Crippen LogP contribution in [0, 0.1) is 5.82 Å². The zero-order valence-corrected chi connectivity index (χ0v) is 9.85. The van der Waals surface area contributed by atoms with Crippen LogP contribution in [0.1, 0.15) is 18.4 Å². The lowest BCUT2D eigenvalue weighted by molar-refractivity contribution is -0.137. The van der Waals surface area contributed by atoms with Crippen LogP contribution in [0.3, 0.4) is 0 Å². The van der Waals surface area contributed by atoms with E-state index < -0.39 is 17.6 Å². The molecule has 0 radical (unpaired) electrons. The fourth-order valence-electron chi connectivity index (χ4n) is 1.88. The van der Waals surface area contributed by atoms with Crippen molar-refractivity contribution in [3.05, 3.63) is 29.6 Å². The third-order valence-electron chi connectivity index (χ3n) is 2.92. The van der Waals surface area contributed by atoms with Crippen molar-refractivity contribution in [1.29, 1.82) is 0 Å². The molecule has 0 bridgehead atoms. The van der Waals surface area contributed by atoms with Gasteiger partial charge in [-0.2, -0.15) is 13.2 Å². The maximum atomic E-state index is 13.6. The normalized spacial score (nSPS) is 20.0. The number of piperidine rings is 1. The molecule has 1 aliphatic rings. The van der Waals surface area contributed by atoms with Gasteiger partial charge in [-0.25, -0.2) is 4.39 Å². The van der Waals surface area contributed by atoms with Crippen LogP contribution in [-0.4, -0.2) is 18.5 Å². The van der Waals surface area contributed by atoms with Gasteiger partial charge in [0, 0.05) is 19.0 Å². The molecule has 1 amide bonds. The Morgan fingerprint density at radius 3 is 2.58 bits per heavy atom. The summed E-state index contributed by atoms with van der Waals surface area (Å²) in [4.78, 5) is 10.9. The van der Waals surface area contributed by atoms with Crippen LogP contribution in [-0.2, 0) is 11.0 Å². The minimum atomic E-state index is -4.56. The highest BCUT2D eigenvalue weighted by atomic mass is 19.4. The van der Waals surface area contributed by atoms with Crippen LogP contribution >= 0.6 is 0 Å². The van der Waals surface area contributed by atoms with Gasteiger partial charge in [0.25, 0.3) is 0 Å². The second kappa shape index (κ2) is 5.07. The Balaban J connectivity index is 2.07. The van der Waals surface area contributed by atoms with Gasteiger partial charge >= 0.3 is 6.18 Å². The predicted molar refractivity (Wildman–Crippen MR) is 61.1 cm³/mol. The molecule has 1 unspecified atom stereocenters. The summed E-state index contributed by atoms with van der Waals surface area (Å²) in [5.74, 6) is -1.03. The Kier molecular flexibility index (Phi) is 3.64. The molecule has 104 valence electrons. The highest BCUT2D eigenvalue weighted by Gasteiger charge is 2.31. The van der Waals surface area contributed by atoms with Gasteiger partial charge in [0.2, 0.25) is 5.91 Å². The largest absolute Gasteiger partial charge is 0.416 e. The summed E-state index contributed by atoms with van der Waals surface area (Å²) >= 11 is 0. The standard InChI is InChI=1S/C12H12F4N2O/c13-9-5-7(12(14,15)16)1-3-10(9)18-8-2-4-11(19)17-6-8/h1,3,5,8,18H,2,4,6H2,(H,17,19). The van der Waals surface area contributed by atoms with E-state index >= 15 is 0 Å². The number of rotatable bonds is 2. The molecule has 1 fully saturated rings. The molecule has 0 aliphatic carbocycles. The highest BCUT2D eigenvalue weighted by Crippen LogP contribution is 2.31. The van der Waals surface area contributed by atoms with Gasteiger partial charge in [0.1, 0.15) is 5.82 Å². The first-order valence-electron chi connectivity index (χ1n) is 5.76. The van der Waals surface area contributed by atoms with E-state index in [1.165, 1.54) is 0 Å². The molecule has 2 rings (SSSR count). The monoisotopic (exact) mass is 276 g/mol. The molecule has 2 N–H and O–H groups in total. The first kappa shape index (κ1) is 13.6. The molecule has 1 saturated heterocycles. The van der Waals surface area contributed by atoms with Crippen molar-refractivity contribution in [2.75, 3.05) is 11.9 Å². The van der Waals surface area contributed by atoms with Crippen molar-refractivity contribution in [1.82, 2.24) is 5.32 Å². The number of halogens is 4. The second-order valence-electron chi connectivity index (χ2n) is 4.38. The number of benzene rings is 1. The third-order valence-corrected chi connectivity index (χ3v) is 2.92. The molecule has 0 aromatic heterocycles. The fourth-order valence-corrected chi connectivity index (χ4v) is 1.88. The van der Waals surface area contributed by atoms with Crippen molar-refractivity contribution in [2.45, 2.75) is 25.1 Å². The highest BCUT2D eigenvalue weighted by molar-refractivity contribution is 5.77. The summed E-state index contributed by atoms with van der Waals surface area (Å²) in [6, 6.07) is 2.18. The van der Waals surface area contributed by atoms with Gasteiger partial charge in [-0.3, -0.25) is 4.79 Å². The van der Waals surface area contributed by atoms with E-state index in [0.29, 0.717) is 25.5 Å². The van der Waals surface area contributed by atoms with Crippen LogP contribution in [0.15, 0.2) is 18.2 Å². The number of alkyl halides is 3. The van der Waals surface area contributed by atoms with Crippen molar-refractivity contribution < 1.29 is 22.4 Å². The van der Waals surface area contributed by atoms with Crippen LogP contribution in [0.4, 0.5) is 23.2 Å². The SMILES string of the molecule is O=C1CCC(Nc2ccc(C(F)(F)F)cc2F)CN1. The molecule has 1 aromatic rings. The molecule has 1 atom stereocenters. The Bertz CT molecular complexity index is 477. The molecule has 1 aromatic carbocycles. The molecule has 1 heterocycles. The number of carbonyl (C=O) groups excluding carboxylic acids is 1. The topological polar surface area (TPSA) is 41.1 Å². The molecule has 0 spiro atoms. The summed E-state index contributed by atoms with van der Waals surface area (Å²) in [6.07, 6.45) is -3.72. The van der Waals surface area contributed by atoms with Crippen LogP contribution in [0.2, 0.25) is 0 Å². The first-order valence-corrected chi connectivity index (χ1v) is 5.76. The molecule has 1 aliphatic heterocycles. The van der Waals surface area contributed by atoms with E-state index in [1.807, 2.05) is 0 Å². The number of nitrogens with one attached hydrogen (secondary N) is 2. The van der Waals surface area contributed by atoms with Crippen LogP contribution in [0.25, 0.3) is 0 Å². The third kappa shape index (κ3) is 3.36. The minimum Gasteiger partial charge on any atom is -0.378 e. The van der Waals surface area contributed by atoms with Crippen molar-refractivity contribution >= 4 is 11.6 Å². The van der Waals surface area contributed by atoms with Gasteiger partial charge in [-0.05, 0) is 24.6 Å². The van der Waals surface area contributed by atoms with Gasteiger partial charge < -0.3 is 10.6 Å². The zero-order valence-electron chi connectivity index (χ0n) is 9.85. The number of hydrogen-bond donors (Lipinski definition) is 2. The lowest BCUT2D eigenvalue weighted by Gasteiger charge is -2.24. The molecule has 0 saturated carbocycles. The Hall–Kier alpha value is -1.79. The van der Waals surface area contributed by atoms with E-state index in [1.54, 1.807) is 0 Å². The van der Waals surface area contributed by atoms with Gasteiger partial charge in [0.05, 0.1) is 11.3 Å². The van der Waals surface area contributed by atoms with E-state index in [2.05, 4.69) is 10.6 Å². The Morgan fingerprint density at radius 2 is 2.05 bits per heavy atom. The maximum absolute atomic E-state index is 13.6. The lowest BCUT2D eigenvalue weighted by atomic mass is 10.1. The predicted octanol–water partition coefficient (Wildman–Crippen LogP) is 2.54. The summed E-state index contributed by atoms with van der Waals surface area (Å²) in [7, 11) is 0. The minimum absolute atomic E-state index is 0.00847. The summed E-state index contributed by atoms with van der Waals surface area (Å²) in [5, 5.41) is 5.39. The molecular formula is C12H12F4N2O. The maximum Gasteiger partial charge on any atom is 0.416 e. The zero-order chi connectivity index (χ0) is 14.0. The van der Waals surface area contributed by atoms with Crippen LogP contribution < -0.4 is 10.6 Å². The molecular weight excluding hydrogens is 264 g/mol. The summed E-state index contributed by atoms with van der Waals surface area (Å²) in [5.41, 5.74) is -1.01. The van der Waals surface area contributed by atoms with Crippen molar-refractivity contribution in [2.24, 2.45) is 0 Å². The average molecular weight is 276 g/mol. The fraction of sp³-hybridized carbons (Fsp3) is 0.417. The first-order chi connectivity index (χ1) is 8.86. The summed E-state index contributed by atoms with van der Waals surface area (Å²) < 4.78 is 50.7. The van der Waals surface area contributed by atoms with Gasteiger partial charge in [-0.15, -0.1) is 0 Å². The van der Waals surface area contributed by atoms with E-state index in [4.69, 9.17) is 0 Å². The summed E-state index contributed by atoms with van der Waals surface area (Å²) in [6.45, 7) is 0.333. The smallest absolute Gasteiger partial charge is 0.378 e. The molecule has 7 heteroatoms. The Morgan fingerprint density at radius 1 is 1.32 bits per heavy atom. The van der Waals surface area contributed by atoms with Crippen molar-refractivity contribution in [3.8, 4) is 0 Å². The van der Waals surface area contributed by atoms with E-state index in [0.717, 1.165) is 12.1 Å². The quantitative estimate of drug-likeness (QED) is 0.815. The number of amides is 1. The number of anilines is 1. The number of hydrogen-bond acceptors (Lipinski definition) is 2. The van der Waals surface area contributed by atoms with Gasteiger partial charge in [-0.1, -0.05) is 0 Å². The lowest BCUT2D eigenvalue weighted by Crippen LogP contribution is -2.42. The van der Waals surface area contributed by atoms with Crippen LogP contribution in [0.5, 0.6) is 0 Å². The molecule has 19 heavy (non-hydrogen) atoms.